The summed E-state index contributed by atoms with van der Waals surface area (Å²) in [7, 11) is -2.40. The first-order valence-corrected chi connectivity index (χ1v) is 4.46. The standard InChI is InChI=1S/C11H9BF2/c1-8-4-2-5-9-6-3-7-10(11(8)9)12(13)14/h2-7H,1H3. The highest BCUT2D eigenvalue weighted by Crippen LogP contribution is 2.16. The zero-order valence-corrected chi connectivity index (χ0v) is 7.80. The Balaban J connectivity index is 2.84. The van der Waals surface area contributed by atoms with Crippen LogP contribution in [0.25, 0.3) is 10.8 Å². The normalized spacial score (nSPS) is 10.5. The first-order valence-electron chi connectivity index (χ1n) is 4.46. The van der Waals surface area contributed by atoms with Crippen LogP contribution in [0.4, 0.5) is 8.63 Å². The van der Waals surface area contributed by atoms with Crippen LogP contribution in [0, 0.1) is 6.92 Å². The van der Waals surface area contributed by atoms with Gasteiger partial charge in [-0.3, -0.25) is 8.63 Å². The molecule has 0 heterocycles. The topological polar surface area (TPSA) is 0 Å². The molecule has 0 bridgehead atoms. The Labute approximate surface area is 81.7 Å². The van der Waals surface area contributed by atoms with Gasteiger partial charge in [-0.05, 0) is 28.7 Å². The molecule has 2 rings (SSSR count). The van der Waals surface area contributed by atoms with Gasteiger partial charge in [-0.1, -0.05) is 36.4 Å². The van der Waals surface area contributed by atoms with E-state index in [0.717, 1.165) is 10.9 Å². The molecule has 70 valence electrons. The second kappa shape index (κ2) is 3.41. The Hall–Kier alpha value is -1.38. The lowest BCUT2D eigenvalue weighted by Gasteiger charge is -2.06. The first-order chi connectivity index (χ1) is 6.70. The Morgan fingerprint density at radius 3 is 2.29 bits per heavy atom. The fourth-order valence-electron chi connectivity index (χ4n) is 1.74. The Morgan fingerprint density at radius 1 is 1.00 bits per heavy atom. The first kappa shape index (κ1) is 9.19. The second-order valence-electron chi connectivity index (χ2n) is 3.32. The summed E-state index contributed by atoms with van der Waals surface area (Å²) in [6, 6.07) is 10.6. The van der Waals surface area contributed by atoms with Gasteiger partial charge >= 0.3 is 7.27 Å². The molecular formula is C11H9BF2. The molecule has 0 atom stereocenters. The number of rotatable bonds is 1. The molecule has 0 N–H and O–H groups in total. The highest BCUT2D eigenvalue weighted by molar-refractivity contribution is 6.63. The van der Waals surface area contributed by atoms with Crippen LogP contribution in [0.5, 0.6) is 0 Å². The maximum Gasteiger partial charge on any atom is 0.572 e. The molecule has 0 nitrogen and oxygen atoms in total. The van der Waals surface area contributed by atoms with E-state index in [4.69, 9.17) is 0 Å². The lowest BCUT2D eigenvalue weighted by molar-refractivity contribution is 0.685. The number of hydrogen-bond acceptors (Lipinski definition) is 0. The average Bonchev–Trinajstić information content (AvgIpc) is 2.17. The van der Waals surface area contributed by atoms with Crippen molar-refractivity contribution in [1.82, 2.24) is 0 Å². The van der Waals surface area contributed by atoms with Crippen LogP contribution in [-0.2, 0) is 0 Å². The van der Waals surface area contributed by atoms with Crippen LogP contribution in [0.1, 0.15) is 5.56 Å². The summed E-state index contributed by atoms with van der Waals surface area (Å²) in [6.07, 6.45) is 0. The van der Waals surface area contributed by atoms with Crippen molar-refractivity contribution in [3.63, 3.8) is 0 Å². The third kappa shape index (κ3) is 1.39. The molecular weight excluding hydrogens is 181 g/mol. The monoisotopic (exact) mass is 190 g/mol. The third-order valence-corrected chi connectivity index (χ3v) is 2.38. The zero-order chi connectivity index (χ0) is 10.1. The predicted molar refractivity (Wildman–Crippen MR) is 56.3 cm³/mol. The van der Waals surface area contributed by atoms with Crippen molar-refractivity contribution >= 4 is 23.5 Å². The van der Waals surface area contributed by atoms with Gasteiger partial charge in [0, 0.05) is 0 Å². The number of fused-ring (bicyclic) bond motifs is 1. The summed E-state index contributed by atoms with van der Waals surface area (Å²) < 4.78 is 25.4. The number of benzene rings is 2. The summed E-state index contributed by atoms with van der Waals surface area (Å²) in [5, 5.41) is 1.56. The lowest BCUT2D eigenvalue weighted by atomic mass is 9.81. The van der Waals surface area contributed by atoms with Crippen LogP contribution < -0.4 is 5.46 Å². The Kier molecular flexibility index (Phi) is 2.24. The minimum absolute atomic E-state index is 0.126. The zero-order valence-electron chi connectivity index (χ0n) is 7.80. The largest absolute Gasteiger partial charge is 0.572 e. The molecule has 0 aliphatic carbocycles. The number of halogens is 2. The van der Waals surface area contributed by atoms with Gasteiger partial charge in [0.2, 0.25) is 0 Å². The molecule has 0 unspecified atom stereocenters. The van der Waals surface area contributed by atoms with E-state index in [1.807, 2.05) is 31.2 Å². The van der Waals surface area contributed by atoms with Crippen molar-refractivity contribution in [2.75, 3.05) is 0 Å². The van der Waals surface area contributed by atoms with E-state index >= 15 is 0 Å². The molecule has 0 saturated carbocycles. The number of aryl methyl sites for hydroxylation is 1. The highest BCUT2D eigenvalue weighted by Gasteiger charge is 2.19. The van der Waals surface area contributed by atoms with Crippen LogP contribution in [0.3, 0.4) is 0 Å². The Morgan fingerprint density at radius 2 is 1.64 bits per heavy atom. The molecule has 0 fully saturated rings. The SMILES string of the molecule is Cc1cccc2cccc(B(F)F)c12. The molecule has 0 aromatic heterocycles. The fourth-order valence-corrected chi connectivity index (χ4v) is 1.74. The molecule has 14 heavy (non-hydrogen) atoms. The van der Waals surface area contributed by atoms with Crippen molar-refractivity contribution in [2.45, 2.75) is 6.92 Å². The van der Waals surface area contributed by atoms with Crippen molar-refractivity contribution < 1.29 is 8.63 Å². The van der Waals surface area contributed by atoms with Crippen molar-refractivity contribution in [3.8, 4) is 0 Å². The smallest absolute Gasteiger partial charge is 0.281 e. The molecule has 0 aliphatic heterocycles. The van der Waals surface area contributed by atoms with E-state index in [1.54, 1.807) is 6.07 Å². The quantitative estimate of drug-likeness (QED) is 0.606. The Bertz CT molecular complexity index is 461. The van der Waals surface area contributed by atoms with E-state index < -0.39 is 7.27 Å². The average molecular weight is 190 g/mol. The van der Waals surface area contributed by atoms with Crippen LogP contribution >= 0.6 is 0 Å². The van der Waals surface area contributed by atoms with Gasteiger partial charge in [0.25, 0.3) is 0 Å². The van der Waals surface area contributed by atoms with E-state index in [2.05, 4.69) is 0 Å². The minimum atomic E-state index is -2.40. The van der Waals surface area contributed by atoms with E-state index in [1.165, 1.54) is 6.07 Å². The molecule has 3 heteroatoms. The van der Waals surface area contributed by atoms with Crippen molar-refractivity contribution in [1.29, 1.82) is 0 Å². The molecule has 2 aromatic carbocycles. The molecule has 2 aromatic rings. The van der Waals surface area contributed by atoms with Crippen molar-refractivity contribution in [2.24, 2.45) is 0 Å². The van der Waals surface area contributed by atoms with Crippen molar-refractivity contribution in [3.05, 3.63) is 42.0 Å². The van der Waals surface area contributed by atoms with E-state index in [9.17, 15) is 8.63 Å². The summed E-state index contributed by atoms with van der Waals surface area (Å²) in [5.41, 5.74) is 1.03. The van der Waals surface area contributed by atoms with Gasteiger partial charge in [0.05, 0.1) is 0 Å². The fraction of sp³-hybridized carbons (Fsp3) is 0.0909. The summed E-state index contributed by atoms with van der Waals surface area (Å²) in [5.74, 6) is 0. The molecule has 0 amide bonds. The summed E-state index contributed by atoms with van der Waals surface area (Å²) in [6.45, 7) is 1.86. The van der Waals surface area contributed by atoms with Gasteiger partial charge in [0.1, 0.15) is 0 Å². The van der Waals surface area contributed by atoms with E-state index in [0.29, 0.717) is 5.39 Å². The van der Waals surface area contributed by atoms with Gasteiger partial charge in [-0.25, -0.2) is 0 Å². The van der Waals surface area contributed by atoms with Gasteiger partial charge in [-0.15, -0.1) is 0 Å². The third-order valence-electron chi connectivity index (χ3n) is 2.38. The molecule has 0 radical (unpaired) electrons. The summed E-state index contributed by atoms with van der Waals surface area (Å²) >= 11 is 0. The second-order valence-corrected chi connectivity index (χ2v) is 3.32. The van der Waals surface area contributed by atoms with Gasteiger partial charge in [-0.2, -0.15) is 0 Å². The molecule has 0 spiro atoms. The van der Waals surface area contributed by atoms with Gasteiger partial charge < -0.3 is 0 Å². The summed E-state index contributed by atoms with van der Waals surface area (Å²) in [4.78, 5) is 0. The van der Waals surface area contributed by atoms with Gasteiger partial charge in [0.15, 0.2) is 0 Å². The maximum absolute atomic E-state index is 12.7. The lowest BCUT2D eigenvalue weighted by Crippen LogP contribution is -2.21. The number of hydrogen-bond donors (Lipinski definition) is 0. The predicted octanol–water partition coefficient (Wildman–Crippen LogP) is 2.78. The van der Waals surface area contributed by atoms with Crippen LogP contribution in [0.15, 0.2) is 36.4 Å². The minimum Gasteiger partial charge on any atom is -0.281 e. The molecule has 0 aliphatic rings. The van der Waals surface area contributed by atoms with E-state index in [-0.39, 0.29) is 5.46 Å². The molecule has 0 saturated heterocycles. The van der Waals surface area contributed by atoms with Crippen LogP contribution in [0.2, 0.25) is 0 Å². The highest BCUT2D eigenvalue weighted by atomic mass is 19.2. The van der Waals surface area contributed by atoms with Crippen LogP contribution in [-0.4, -0.2) is 7.27 Å². The maximum atomic E-state index is 12.7.